The van der Waals surface area contributed by atoms with Crippen molar-refractivity contribution in [2.24, 2.45) is 0 Å². The Labute approximate surface area is 265 Å². The van der Waals surface area contributed by atoms with E-state index in [4.69, 9.17) is 0 Å². The Morgan fingerprint density at radius 2 is 0.889 bits per heavy atom. The molecule has 7 aromatic carbocycles. The van der Waals surface area contributed by atoms with Crippen LogP contribution in [0.25, 0.3) is 33.4 Å². The molecule has 0 aliphatic heterocycles. The number of para-hydroxylation sites is 1. The van der Waals surface area contributed by atoms with Gasteiger partial charge in [-0.15, -0.1) is 0 Å². The van der Waals surface area contributed by atoms with Gasteiger partial charge in [0.25, 0.3) is 0 Å². The van der Waals surface area contributed by atoms with Crippen LogP contribution in [0.3, 0.4) is 0 Å². The lowest BCUT2D eigenvalue weighted by Crippen LogP contribution is -2.22. The van der Waals surface area contributed by atoms with E-state index in [0.717, 1.165) is 17.1 Å². The second-order valence-corrected chi connectivity index (χ2v) is 11.9. The molecule has 1 atom stereocenters. The first kappa shape index (κ1) is 26.9. The Hall–Kier alpha value is -5.66. The lowest BCUT2D eigenvalue weighted by molar-refractivity contribution is 0.714. The lowest BCUT2D eigenvalue weighted by atomic mass is 9.74. The van der Waals surface area contributed by atoms with Crippen LogP contribution in [0.2, 0.25) is 0 Å². The van der Waals surface area contributed by atoms with E-state index in [1.165, 1.54) is 50.1 Å². The first-order chi connectivity index (χ1) is 22.2. The standard InChI is InChI=1S/C44H33N/c1-44(35-19-9-4-10-20-35)41-23-13-11-22-39(41)40-30-29-37(31-42(40)44)45(36-27-25-33(26-28-36)32-15-5-2-6-16-32)43-24-14-12-21-38(43)34-17-7-3-8-18-34/h2-31H,1H3. The first-order valence-electron chi connectivity index (χ1n) is 15.6. The van der Waals surface area contributed by atoms with Crippen LogP contribution in [0.1, 0.15) is 23.6 Å². The zero-order valence-electron chi connectivity index (χ0n) is 25.3. The minimum Gasteiger partial charge on any atom is -0.310 e. The monoisotopic (exact) mass is 575 g/mol. The van der Waals surface area contributed by atoms with Gasteiger partial charge in [0.15, 0.2) is 0 Å². The zero-order chi connectivity index (χ0) is 30.2. The predicted molar refractivity (Wildman–Crippen MR) is 189 cm³/mol. The highest BCUT2D eigenvalue weighted by Gasteiger charge is 2.41. The van der Waals surface area contributed by atoms with Crippen LogP contribution >= 0.6 is 0 Å². The summed E-state index contributed by atoms with van der Waals surface area (Å²) >= 11 is 0. The van der Waals surface area contributed by atoms with Crippen LogP contribution in [0.4, 0.5) is 17.1 Å². The summed E-state index contributed by atoms with van der Waals surface area (Å²) in [5.74, 6) is 0. The highest BCUT2D eigenvalue weighted by molar-refractivity contribution is 5.91. The molecule has 0 N–H and O–H groups in total. The molecule has 1 unspecified atom stereocenters. The number of fused-ring (bicyclic) bond motifs is 3. The van der Waals surface area contributed by atoms with E-state index in [9.17, 15) is 0 Å². The van der Waals surface area contributed by atoms with Crippen molar-refractivity contribution in [2.75, 3.05) is 4.90 Å². The Morgan fingerprint density at radius 1 is 0.378 bits per heavy atom. The third-order valence-corrected chi connectivity index (χ3v) is 9.37. The van der Waals surface area contributed by atoms with Gasteiger partial charge in [-0.25, -0.2) is 0 Å². The molecule has 1 nitrogen and oxygen atoms in total. The van der Waals surface area contributed by atoms with Gasteiger partial charge in [0, 0.05) is 22.4 Å². The molecule has 45 heavy (non-hydrogen) atoms. The molecule has 7 aromatic rings. The van der Waals surface area contributed by atoms with Gasteiger partial charge < -0.3 is 4.90 Å². The summed E-state index contributed by atoms with van der Waals surface area (Å²) in [6.45, 7) is 2.38. The molecule has 0 fully saturated rings. The highest BCUT2D eigenvalue weighted by atomic mass is 15.1. The van der Waals surface area contributed by atoms with E-state index >= 15 is 0 Å². The summed E-state index contributed by atoms with van der Waals surface area (Å²) in [4.78, 5) is 2.42. The van der Waals surface area contributed by atoms with Crippen molar-refractivity contribution in [1.82, 2.24) is 0 Å². The molecule has 0 amide bonds. The summed E-state index contributed by atoms with van der Waals surface area (Å²) in [6.07, 6.45) is 0. The molecule has 1 aliphatic rings. The summed E-state index contributed by atoms with van der Waals surface area (Å²) in [5.41, 5.74) is 14.5. The van der Waals surface area contributed by atoms with Gasteiger partial charge in [-0.3, -0.25) is 0 Å². The van der Waals surface area contributed by atoms with E-state index in [1.54, 1.807) is 0 Å². The zero-order valence-corrected chi connectivity index (χ0v) is 25.3. The van der Waals surface area contributed by atoms with E-state index in [-0.39, 0.29) is 5.41 Å². The quantitative estimate of drug-likeness (QED) is 0.191. The first-order valence-corrected chi connectivity index (χ1v) is 15.6. The Morgan fingerprint density at radius 3 is 1.60 bits per heavy atom. The largest absolute Gasteiger partial charge is 0.310 e. The highest BCUT2D eigenvalue weighted by Crippen LogP contribution is 2.54. The van der Waals surface area contributed by atoms with Gasteiger partial charge in [0.05, 0.1) is 5.69 Å². The summed E-state index contributed by atoms with van der Waals surface area (Å²) < 4.78 is 0. The molecule has 214 valence electrons. The van der Waals surface area contributed by atoms with E-state index in [0.29, 0.717) is 0 Å². The average molecular weight is 576 g/mol. The number of hydrogen-bond acceptors (Lipinski definition) is 1. The molecule has 8 rings (SSSR count). The Balaban J connectivity index is 1.34. The van der Waals surface area contributed by atoms with Crippen molar-refractivity contribution in [3.63, 3.8) is 0 Å². The van der Waals surface area contributed by atoms with Gasteiger partial charge in [0.1, 0.15) is 0 Å². The lowest BCUT2D eigenvalue weighted by Gasteiger charge is -2.31. The molecule has 1 aliphatic carbocycles. The van der Waals surface area contributed by atoms with Gasteiger partial charge in [0.2, 0.25) is 0 Å². The van der Waals surface area contributed by atoms with Crippen LogP contribution in [-0.2, 0) is 5.41 Å². The van der Waals surface area contributed by atoms with Crippen molar-refractivity contribution >= 4 is 17.1 Å². The number of nitrogens with zero attached hydrogens (tertiary/aromatic N) is 1. The molecule has 0 radical (unpaired) electrons. The third-order valence-electron chi connectivity index (χ3n) is 9.37. The predicted octanol–water partition coefficient (Wildman–Crippen LogP) is 11.8. The van der Waals surface area contributed by atoms with E-state index in [1.807, 2.05) is 0 Å². The van der Waals surface area contributed by atoms with Crippen molar-refractivity contribution < 1.29 is 0 Å². The molecule has 1 heteroatoms. The molecule has 0 saturated carbocycles. The topological polar surface area (TPSA) is 3.24 Å². The van der Waals surface area contributed by atoms with Crippen molar-refractivity contribution in [3.8, 4) is 33.4 Å². The molecule has 0 spiro atoms. The summed E-state index contributed by atoms with van der Waals surface area (Å²) in [6, 6.07) is 65.9. The summed E-state index contributed by atoms with van der Waals surface area (Å²) in [7, 11) is 0. The fraction of sp³-hybridized carbons (Fsp3) is 0.0455. The van der Waals surface area contributed by atoms with Crippen LogP contribution < -0.4 is 4.90 Å². The van der Waals surface area contributed by atoms with E-state index < -0.39 is 0 Å². The maximum Gasteiger partial charge on any atom is 0.0540 e. The SMILES string of the molecule is CC1(c2ccccc2)c2ccccc2-c2ccc(N(c3ccc(-c4ccccc4)cc3)c3ccccc3-c3ccccc3)cc21. The van der Waals surface area contributed by atoms with Crippen molar-refractivity contribution in [1.29, 1.82) is 0 Å². The number of rotatable bonds is 6. The van der Waals surface area contributed by atoms with Crippen LogP contribution in [-0.4, -0.2) is 0 Å². The number of benzene rings is 7. The molecule has 0 aromatic heterocycles. The third kappa shape index (κ3) is 4.56. The van der Waals surface area contributed by atoms with Crippen molar-refractivity contribution in [3.05, 3.63) is 199 Å². The minimum atomic E-state index is -0.273. The van der Waals surface area contributed by atoms with Gasteiger partial charge in [-0.05, 0) is 81.8 Å². The molecule has 0 heterocycles. The molecular formula is C44H33N. The maximum atomic E-state index is 2.43. The second kappa shape index (κ2) is 11.1. The molecule has 0 saturated heterocycles. The normalized spacial score (nSPS) is 14.9. The van der Waals surface area contributed by atoms with Gasteiger partial charge in [-0.2, -0.15) is 0 Å². The number of hydrogen-bond donors (Lipinski definition) is 0. The Kier molecular flexibility index (Phi) is 6.65. The van der Waals surface area contributed by atoms with E-state index in [2.05, 4.69) is 194 Å². The minimum absolute atomic E-state index is 0.273. The fourth-order valence-corrected chi connectivity index (χ4v) is 7.09. The maximum absolute atomic E-state index is 2.43. The van der Waals surface area contributed by atoms with Crippen LogP contribution in [0.5, 0.6) is 0 Å². The van der Waals surface area contributed by atoms with Crippen molar-refractivity contribution in [2.45, 2.75) is 12.3 Å². The molecular weight excluding hydrogens is 542 g/mol. The fourth-order valence-electron chi connectivity index (χ4n) is 7.09. The van der Waals surface area contributed by atoms with Gasteiger partial charge >= 0.3 is 0 Å². The van der Waals surface area contributed by atoms with Crippen LogP contribution in [0.15, 0.2) is 182 Å². The Bertz CT molecular complexity index is 2100. The molecule has 0 bridgehead atoms. The number of anilines is 3. The second-order valence-electron chi connectivity index (χ2n) is 11.9. The smallest absolute Gasteiger partial charge is 0.0540 e. The summed E-state index contributed by atoms with van der Waals surface area (Å²) in [5, 5.41) is 0. The van der Waals surface area contributed by atoms with Gasteiger partial charge in [-0.1, -0.05) is 152 Å². The average Bonchev–Trinajstić information content (AvgIpc) is 3.38. The van der Waals surface area contributed by atoms with Crippen LogP contribution in [0, 0.1) is 0 Å².